The number of fused-ring (bicyclic) bond motifs is 1. The molecule has 1 aromatic heterocycles. The molecular weight excluding hydrogens is 240 g/mol. The minimum atomic E-state index is 0.393. The Morgan fingerprint density at radius 2 is 2.38 bits per heavy atom. The molecule has 68 valence electrons. The minimum absolute atomic E-state index is 0.393. The first-order valence-electron chi connectivity index (χ1n) is 3.50. The van der Waals surface area contributed by atoms with Crippen molar-refractivity contribution >= 4 is 27.0 Å². The SMILES string of the molecule is COc1c(Br)ccc2c1[nH]o[n+]2=O. The number of nitrogens with zero attached hydrogens (tertiary/aromatic N) is 1. The van der Waals surface area contributed by atoms with Gasteiger partial charge in [-0.25, -0.2) is 0 Å². The van der Waals surface area contributed by atoms with E-state index in [1.54, 1.807) is 12.1 Å². The summed E-state index contributed by atoms with van der Waals surface area (Å²) in [6, 6.07) is 3.36. The molecule has 0 saturated heterocycles. The average molecular weight is 246 g/mol. The molecule has 13 heavy (non-hydrogen) atoms. The fourth-order valence-electron chi connectivity index (χ4n) is 1.13. The van der Waals surface area contributed by atoms with Crippen LogP contribution in [0.4, 0.5) is 0 Å². The molecule has 0 aliphatic heterocycles. The Hall–Kier alpha value is -1.30. The number of nitrogens with one attached hydrogen (secondary N) is 1. The number of ether oxygens (including phenoxy) is 1. The molecule has 0 unspecified atom stereocenters. The van der Waals surface area contributed by atoms with Crippen LogP contribution >= 0.6 is 15.9 Å². The highest BCUT2D eigenvalue weighted by Gasteiger charge is 2.17. The van der Waals surface area contributed by atoms with Crippen LogP contribution in [0.25, 0.3) is 11.0 Å². The van der Waals surface area contributed by atoms with Crippen LogP contribution in [0.15, 0.2) is 21.2 Å². The summed E-state index contributed by atoms with van der Waals surface area (Å²) in [5.74, 6) is 0.552. The summed E-state index contributed by atoms with van der Waals surface area (Å²) in [4.78, 5) is 11.0. The second-order valence-corrected chi connectivity index (χ2v) is 3.28. The molecule has 0 fully saturated rings. The zero-order chi connectivity index (χ0) is 9.42. The summed E-state index contributed by atoms with van der Waals surface area (Å²) in [5, 5.41) is 2.47. The van der Waals surface area contributed by atoms with Gasteiger partial charge >= 0.3 is 0 Å². The molecular formula is C7H6BrN2O3+. The van der Waals surface area contributed by atoms with Crippen molar-refractivity contribution < 1.29 is 14.0 Å². The Bertz CT molecular complexity index is 502. The molecule has 0 atom stereocenters. The van der Waals surface area contributed by atoms with E-state index in [0.717, 1.165) is 4.47 Å². The zero-order valence-corrected chi connectivity index (χ0v) is 8.29. The Labute approximate surface area is 81.0 Å². The van der Waals surface area contributed by atoms with Gasteiger partial charge in [0.05, 0.1) is 11.6 Å². The Morgan fingerprint density at radius 3 is 3.08 bits per heavy atom. The lowest BCUT2D eigenvalue weighted by Crippen LogP contribution is -2.08. The predicted octanol–water partition coefficient (Wildman–Crippen LogP) is 1.45. The van der Waals surface area contributed by atoms with Crippen molar-refractivity contribution in [2.24, 2.45) is 0 Å². The van der Waals surface area contributed by atoms with E-state index >= 15 is 0 Å². The first kappa shape index (κ1) is 8.31. The highest BCUT2D eigenvalue weighted by molar-refractivity contribution is 9.10. The van der Waals surface area contributed by atoms with E-state index in [0.29, 0.717) is 21.4 Å². The zero-order valence-electron chi connectivity index (χ0n) is 6.70. The molecule has 0 spiro atoms. The van der Waals surface area contributed by atoms with Gasteiger partial charge in [-0.2, -0.15) is 0 Å². The van der Waals surface area contributed by atoms with Crippen LogP contribution in [-0.4, -0.2) is 12.3 Å². The molecule has 1 N–H and O–H groups in total. The van der Waals surface area contributed by atoms with Gasteiger partial charge in [0.1, 0.15) is 0 Å². The summed E-state index contributed by atoms with van der Waals surface area (Å²) in [5.41, 5.74) is 0.937. The first-order chi connectivity index (χ1) is 6.24. The fraction of sp³-hybridized carbons (Fsp3) is 0.143. The van der Waals surface area contributed by atoms with E-state index < -0.39 is 0 Å². The van der Waals surface area contributed by atoms with Crippen LogP contribution in [0, 0.1) is 4.91 Å². The van der Waals surface area contributed by atoms with E-state index in [9.17, 15) is 4.91 Å². The standard InChI is InChI=1S/C7H6BrN2O3/c1-12-7-4(8)2-3-5-6(7)9-13-10(5)11/h2-3,9H,1H3/q+1. The monoisotopic (exact) mass is 245 g/mol. The molecule has 0 aliphatic carbocycles. The third-order valence-electron chi connectivity index (χ3n) is 1.72. The van der Waals surface area contributed by atoms with Gasteiger partial charge in [-0.15, -0.1) is 0 Å². The number of H-pyrrole nitrogens is 1. The lowest BCUT2D eigenvalue weighted by molar-refractivity contribution is -0.692. The van der Waals surface area contributed by atoms with Crippen molar-refractivity contribution in [3.63, 3.8) is 0 Å². The molecule has 0 radical (unpaired) electrons. The van der Waals surface area contributed by atoms with Crippen molar-refractivity contribution in [2.75, 3.05) is 7.11 Å². The minimum Gasteiger partial charge on any atom is -0.491 e. The van der Waals surface area contributed by atoms with Crippen molar-refractivity contribution in [3.8, 4) is 5.75 Å². The van der Waals surface area contributed by atoms with Crippen LogP contribution < -0.4 is 9.34 Å². The third kappa shape index (κ3) is 1.14. The molecule has 2 aromatic rings. The molecule has 5 nitrogen and oxygen atoms in total. The van der Waals surface area contributed by atoms with Gasteiger partial charge in [0.25, 0.3) is 11.0 Å². The van der Waals surface area contributed by atoms with Crippen LogP contribution in [0.5, 0.6) is 5.75 Å². The number of aromatic nitrogens is 2. The lowest BCUT2D eigenvalue weighted by atomic mass is 10.3. The molecule has 0 amide bonds. The summed E-state index contributed by atoms with van der Waals surface area (Å²) < 4.78 is 10.8. The van der Waals surface area contributed by atoms with E-state index in [-0.39, 0.29) is 0 Å². The number of rotatable bonds is 1. The maximum absolute atomic E-state index is 11.0. The highest BCUT2D eigenvalue weighted by Crippen LogP contribution is 2.30. The van der Waals surface area contributed by atoms with Gasteiger partial charge in [-0.05, 0) is 33.0 Å². The summed E-state index contributed by atoms with van der Waals surface area (Å²) in [7, 11) is 1.52. The number of methoxy groups -OCH3 is 1. The van der Waals surface area contributed by atoms with Gasteiger partial charge in [-0.3, -0.25) is 0 Å². The van der Waals surface area contributed by atoms with Gasteiger partial charge < -0.3 is 4.74 Å². The maximum Gasteiger partial charge on any atom is 0.276 e. The molecule has 0 saturated carbocycles. The van der Waals surface area contributed by atoms with Crippen LogP contribution in [0.1, 0.15) is 0 Å². The van der Waals surface area contributed by atoms with Crippen LogP contribution in [0.2, 0.25) is 0 Å². The van der Waals surface area contributed by atoms with E-state index in [2.05, 4.69) is 25.7 Å². The van der Waals surface area contributed by atoms with E-state index in [4.69, 9.17) is 4.74 Å². The largest absolute Gasteiger partial charge is 0.491 e. The number of benzene rings is 1. The number of aromatic amines is 1. The van der Waals surface area contributed by atoms with Crippen molar-refractivity contribution in [2.45, 2.75) is 0 Å². The van der Waals surface area contributed by atoms with Gasteiger partial charge in [0.15, 0.2) is 10.3 Å². The van der Waals surface area contributed by atoms with Gasteiger partial charge in [0, 0.05) is 0 Å². The van der Waals surface area contributed by atoms with E-state index in [1.807, 2.05) is 0 Å². The third-order valence-corrected chi connectivity index (χ3v) is 2.34. The summed E-state index contributed by atoms with van der Waals surface area (Å²) in [6.07, 6.45) is 0. The Kier molecular flexibility index (Phi) is 1.84. The van der Waals surface area contributed by atoms with Gasteiger partial charge in [-0.1, -0.05) is 9.79 Å². The Balaban J connectivity index is 2.93. The molecule has 6 heteroatoms. The van der Waals surface area contributed by atoms with Crippen LogP contribution in [0.3, 0.4) is 0 Å². The topological polar surface area (TPSA) is 61.1 Å². The van der Waals surface area contributed by atoms with Crippen molar-refractivity contribution in [3.05, 3.63) is 21.5 Å². The number of hydrogen-bond donors (Lipinski definition) is 1. The predicted molar refractivity (Wildman–Crippen MR) is 48.2 cm³/mol. The number of halogens is 1. The second-order valence-electron chi connectivity index (χ2n) is 2.43. The highest BCUT2D eigenvalue weighted by atomic mass is 79.9. The second kappa shape index (κ2) is 2.88. The normalized spacial score (nSPS) is 10.6. The Morgan fingerprint density at radius 1 is 1.62 bits per heavy atom. The molecule has 0 aliphatic rings. The summed E-state index contributed by atoms with van der Waals surface area (Å²) in [6.45, 7) is 0. The van der Waals surface area contributed by atoms with E-state index in [1.165, 1.54) is 7.11 Å². The maximum atomic E-state index is 11.0. The number of hydrogen-bond acceptors (Lipinski definition) is 3. The average Bonchev–Trinajstić information content (AvgIpc) is 2.48. The van der Waals surface area contributed by atoms with Crippen molar-refractivity contribution in [1.29, 1.82) is 0 Å². The summed E-state index contributed by atoms with van der Waals surface area (Å²) >= 11 is 3.29. The quantitative estimate of drug-likeness (QED) is 0.828. The molecule has 0 bridgehead atoms. The molecule has 2 rings (SSSR count). The lowest BCUT2D eigenvalue weighted by Gasteiger charge is -1.98. The smallest absolute Gasteiger partial charge is 0.276 e. The fourth-order valence-corrected chi connectivity index (χ4v) is 1.63. The molecule has 1 heterocycles. The van der Waals surface area contributed by atoms with Crippen LogP contribution in [-0.2, 0) is 0 Å². The van der Waals surface area contributed by atoms with Gasteiger partial charge in [0.2, 0.25) is 0 Å². The first-order valence-corrected chi connectivity index (χ1v) is 4.30. The molecule has 1 aromatic carbocycles. The van der Waals surface area contributed by atoms with Crippen molar-refractivity contribution in [1.82, 2.24) is 5.16 Å².